The summed E-state index contributed by atoms with van der Waals surface area (Å²) in [5.41, 5.74) is 0. The van der Waals surface area contributed by atoms with Gasteiger partial charge < -0.3 is 9.08 Å². The molecule has 0 aromatic carbocycles. The average Bonchev–Trinajstić information content (AvgIpc) is 1.90. The quantitative estimate of drug-likeness (QED) is 0.444. The molecule has 1 atom stereocenters. The molecule has 0 saturated heterocycles. The van der Waals surface area contributed by atoms with Crippen LogP contribution < -0.4 is 0 Å². The van der Waals surface area contributed by atoms with Crippen LogP contribution in [0.5, 0.6) is 0 Å². The fraction of sp³-hybridized carbons (Fsp3) is 0.600. The molecule has 0 saturated carbocycles. The van der Waals surface area contributed by atoms with Crippen molar-refractivity contribution in [2.24, 2.45) is 5.92 Å². The lowest BCUT2D eigenvalue weighted by Gasteiger charge is -1.98. The summed E-state index contributed by atoms with van der Waals surface area (Å²) >= 11 is 4.70. The summed E-state index contributed by atoms with van der Waals surface area (Å²) in [6.45, 7) is 1.70. The minimum absolute atomic E-state index is 0.426. The molecule has 0 rings (SSSR count). The van der Waals surface area contributed by atoms with Gasteiger partial charge in [-0.15, -0.1) is 0 Å². The topological polar surface area (TPSA) is 43.4 Å². The molecule has 0 aliphatic carbocycles. The Balaban J connectivity index is 3.78. The minimum Gasteiger partial charge on any atom is -0.347 e. The Morgan fingerprint density at radius 2 is 2.44 bits per heavy atom. The standard InChI is InChI=1S/C5H7ClO3/c1-2-4(3-7)5(8)9-6/h3-4H,2H2,1H3. The summed E-state index contributed by atoms with van der Waals surface area (Å²) in [6.07, 6.45) is 0.944. The van der Waals surface area contributed by atoms with Crippen LogP contribution in [0.2, 0.25) is 0 Å². The minimum atomic E-state index is -0.706. The van der Waals surface area contributed by atoms with E-state index in [9.17, 15) is 9.59 Å². The van der Waals surface area contributed by atoms with Gasteiger partial charge in [0, 0.05) is 0 Å². The zero-order valence-corrected chi connectivity index (χ0v) is 5.72. The third-order valence-corrected chi connectivity index (χ3v) is 1.13. The fourth-order valence-corrected chi connectivity index (χ4v) is 0.490. The highest BCUT2D eigenvalue weighted by Gasteiger charge is 2.15. The van der Waals surface area contributed by atoms with Crippen LogP contribution in [-0.2, 0) is 13.9 Å². The normalized spacial score (nSPS) is 12.2. The van der Waals surface area contributed by atoms with Gasteiger partial charge in [0.2, 0.25) is 0 Å². The molecule has 0 aromatic heterocycles. The van der Waals surface area contributed by atoms with E-state index in [0.29, 0.717) is 12.7 Å². The SMILES string of the molecule is CCC(C=O)C(=O)OCl. The summed E-state index contributed by atoms with van der Waals surface area (Å²) in [5, 5.41) is 0. The van der Waals surface area contributed by atoms with Gasteiger partial charge in [0.25, 0.3) is 0 Å². The Bertz CT molecular complexity index is 113. The first-order valence-corrected chi connectivity index (χ1v) is 2.84. The van der Waals surface area contributed by atoms with Crippen LogP contribution in [0.15, 0.2) is 0 Å². The van der Waals surface area contributed by atoms with Gasteiger partial charge in [0.15, 0.2) is 0 Å². The second-order valence-corrected chi connectivity index (χ2v) is 1.70. The molecule has 9 heavy (non-hydrogen) atoms. The molecule has 0 spiro atoms. The Hall–Kier alpha value is -0.570. The van der Waals surface area contributed by atoms with Crippen molar-refractivity contribution in [3.05, 3.63) is 0 Å². The van der Waals surface area contributed by atoms with Crippen LogP contribution in [0.3, 0.4) is 0 Å². The zero-order chi connectivity index (χ0) is 7.28. The van der Waals surface area contributed by atoms with Crippen molar-refractivity contribution < 1.29 is 13.9 Å². The first-order chi connectivity index (χ1) is 4.26. The lowest BCUT2D eigenvalue weighted by Crippen LogP contribution is -2.14. The summed E-state index contributed by atoms with van der Waals surface area (Å²) in [4.78, 5) is 20.4. The Kier molecular flexibility index (Phi) is 4.05. The van der Waals surface area contributed by atoms with E-state index in [1.54, 1.807) is 6.92 Å². The van der Waals surface area contributed by atoms with Crippen molar-refractivity contribution in [3.8, 4) is 0 Å². The summed E-state index contributed by atoms with van der Waals surface area (Å²) in [5.74, 6) is -1.39. The molecular weight excluding hydrogens is 144 g/mol. The number of hydrogen-bond donors (Lipinski definition) is 0. The Morgan fingerprint density at radius 3 is 2.56 bits per heavy atom. The molecule has 0 radical (unpaired) electrons. The molecule has 0 aliphatic heterocycles. The van der Waals surface area contributed by atoms with Gasteiger partial charge in [0.1, 0.15) is 24.1 Å². The molecule has 4 heteroatoms. The van der Waals surface area contributed by atoms with E-state index in [1.165, 1.54) is 0 Å². The molecule has 0 fully saturated rings. The van der Waals surface area contributed by atoms with Crippen LogP contribution in [0.4, 0.5) is 0 Å². The van der Waals surface area contributed by atoms with Crippen molar-refractivity contribution in [2.45, 2.75) is 13.3 Å². The third kappa shape index (κ3) is 2.46. The fourth-order valence-electron chi connectivity index (χ4n) is 0.376. The molecular formula is C5H7ClO3. The number of carbonyl (C=O) groups is 2. The van der Waals surface area contributed by atoms with E-state index in [1.807, 2.05) is 0 Å². The van der Waals surface area contributed by atoms with Crippen molar-refractivity contribution in [3.63, 3.8) is 0 Å². The maximum absolute atomic E-state index is 10.4. The van der Waals surface area contributed by atoms with Crippen molar-refractivity contribution in [1.29, 1.82) is 0 Å². The van der Waals surface area contributed by atoms with Gasteiger partial charge in [-0.25, -0.2) is 4.79 Å². The summed E-state index contributed by atoms with van der Waals surface area (Å²) in [7, 11) is 0. The maximum Gasteiger partial charge on any atom is 0.334 e. The molecule has 0 aliphatic rings. The van der Waals surface area contributed by atoms with Gasteiger partial charge in [-0.2, -0.15) is 0 Å². The van der Waals surface area contributed by atoms with E-state index in [0.717, 1.165) is 0 Å². The van der Waals surface area contributed by atoms with E-state index < -0.39 is 11.9 Å². The number of aldehydes is 1. The van der Waals surface area contributed by atoms with Gasteiger partial charge in [-0.05, 0) is 6.42 Å². The first kappa shape index (κ1) is 8.43. The van der Waals surface area contributed by atoms with Crippen molar-refractivity contribution in [2.75, 3.05) is 0 Å². The summed E-state index contributed by atoms with van der Waals surface area (Å²) < 4.78 is 3.80. The van der Waals surface area contributed by atoms with Crippen LogP contribution in [0.25, 0.3) is 0 Å². The molecule has 52 valence electrons. The van der Waals surface area contributed by atoms with Gasteiger partial charge in [-0.3, -0.25) is 0 Å². The Labute approximate surface area is 58.1 Å². The molecule has 1 unspecified atom stereocenters. The number of halogens is 1. The van der Waals surface area contributed by atoms with E-state index in [2.05, 4.69) is 4.29 Å². The maximum atomic E-state index is 10.4. The average molecular weight is 151 g/mol. The predicted octanol–water partition coefficient (Wildman–Crippen LogP) is 0.908. The second-order valence-electron chi connectivity index (χ2n) is 1.55. The van der Waals surface area contributed by atoms with E-state index >= 15 is 0 Å². The van der Waals surface area contributed by atoms with Crippen LogP contribution in [0, 0.1) is 5.92 Å². The smallest absolute Gasteiger partial charge is 0.334 e. The molecule has 0 heterocycles. The van der Waals surface area contributed by atoms with Gasteiger partial charge in [-0.1, -0.05) is 6.92 Å². The molecule has 0 aromatic rings. The molecule has 0 N–H and O–H groups in total. The number of rotatable bonds is 3. The van der Waals surface area contributed by atoms with Crippen molar-refractivity contribution in [1.82, 2.24) is 0 Å². The third-order valence-electron chi connectivity index (χ3n) is 0.983. The lowest BCUT2D eigenvalue weighted by molar-refractivity contribution is -0.140. The van der Waals surface area contributed by atoms with Crippen molar-refractivity contribution >= 4 is 24.1 Å². The van der Waals surface area contributed by atoms with E-state index in [-0.39, 0.29) is 0 Å². The van der Waals surface area contributed by atoms with Gasteiger partial charge in [0.05, 0.1) is 0 Å². The predicted molar refractivity (Wildman–Crippen MR) is 31.8 cm³/mol. The largest absolute Gasteiger partial charge is 0.347 e. The number of hydrogen-bond acceptors (Lipinski definition) is 3. The molecule has 3 nitrogen and oxygen atoms in total. The van der Waals surface area contributed by atoms with Crippen LogP contribution in [-0.4, -0.2) is 12.3 Å². The van der Waals surface area contributed by atoms with Crippen LogP contribution in [0.1, 0.15) is 13.3 Å². The van der Waals surface area contributed by atoms with Gasteiger partial charge >= 0.3 is 5.97 Å². The van der Waals surface area contributed by atoms with Crippen LogP contribution >= 0.6 is 11.9 Å². The van der Waals surface area contributed by atoms with E-state index in [4.69, 9.17) is 11.9 Å². The molecule has 0 amide bonds. The second kappa shape index (κ2) is 4.32. The zero-order valence-electron chi connectivity index (χ0n) is 4.96. The molecule has 0 bridgehead atoms. The Morgan fingerprint density at radius 1 is 1.89 bits per heavy atom. The highest BCUT2D eigenvalue weighted by atomic mass is 35.5. The monoisotopic (exact) mass is 150 g/mol. The number of carbonyl (C=O) groups excluding carboxylic acids is 2. The highest BCUT2D eigenvalue weighted by molar-refractivity contribution is 6.14. The lowest BCUT2D eigenvalue weighted by atomic mass is 10.1. The first-order valence-electron chi connectivity index (χ1n) is 2.54. The summed E-state index contributed by atoms with van der Waals surface area (Å²) in [6, 6.07) is 0. The highest BCUT2D eigenvalue weighted by Crippen LogP contribution is 2.01.